The maximum Gasteiger partial charge on any atom is 0.0882 e. The summed E-state index contributed by atoms with van der Waals surface area (Å²) in [5.74, 6) is 0. The topological polar surface area (TPSA) is 0 Å². The zero-order chi connectivity index (χ0) is 28.6. The Kier molecular flexibility index (Phi) is 10.4. The molecule has 2 atom stereocenters. The molecule has 0 fully saturated rings. The molecule has 0 aliphatic heterocycles. The van der Waals surface area contributed by atoms with Gasteiger partial charge in [-0.05, 0) is 58.8 Å². The lowest BCUT2D eigenvalue weighted by molar-refractivity contribution is 0.914. The summed E-state index contributed by atoms with van der Waals surface area (Å²) >= 11 is 3.76. The SMILES string of the molecule is CC(C/C=C\c1cc(Br)cc(/C=C\CC(c2ccccc2)[Si](C)(C)c2ccccc2)c1)[Si](C)(C)c1ccccc1. The monoisotopic (exact) mass is 622 g/mol. The summed E-state index contributed by atoms with van der Waals surface area (Å²) in [6, 6.07) is 40.1. The molecule has 40 heavy (non-hydrogen) atoms. The van der Waals surface area contributed by atoms with Crippen LogP contribution in [0.25, 0.3) is 12.2 Å². The standard InChI is InChI=1S/C37H43BrSi2/c1-30(39(2,3)35-22-11-7-12-23-35)17-15-18-31-27-32(29-34(38)28-31)19-16-26-37(33-20-9-6-10-21-33)40(4,5)36-24-13-8-14-25-36/h6-16,18-25,27-30,37H,17,26H2,1-5H3/b18-15-,19-16-. The molecule has 0 bridgehead atoms. The van der Waals surface area contributed by atoms with Gasteiger partial charge in [0.25, 0.3) is 0 Å². The summed E-state index contributed by atoms with van der Waals surface area (Å²) in [7, 11) is -3.25. The highest BCUT2D eigenvalue weighted by Crippen LogP contribution is 2.31. The lowest BCUT2D eigenvalue weighted by atomic mass is 10.1. The van der Waals surface area contributed by atoms with Crippen molar-refractivity contribution in [2.24, 2.45) is 0 Å². The van der Waals surface area contributed by atoms with Crippen molar-refractivity contribution in [3.63, 3.8) is 0 Å². The smallest absolute Gasteiger partial charge is 0.0839 e. The van der Waals surface area contributed by atoms with Crippen molar-refractivity contribution in [2.75, 3.05) is 0 Å². The third-order valence-corrected chi connectivity index (χ3v) is 17.9. The van der Waals surface area contributed by atoms with Gasteiger partial charge in [-0.3, -0.25) is 0 Å². The lowest BCUT2D eigenvalue weighted by Crippen LogP contribution is -2.47. The second kappa shape index (κ2) is 13.8. The molecule has 0 nitrogen and oxygen atoms in total. The van der Waals surface area contributed by atoms with E-state index >= 15 is 0 Å². The van der Waals surface area contributed by atoms with Crippen LogP contribution in [0.5, 0.6) is 0 Å². The van der Waals surface area contributed by atoms with Crippen LogP contribution in [0.15, 0.2) is 126 Å². The first kappa shape index (κ1) is 30.2. The van der Waals surface area contributed by atoms with Crippen molar-refractivity contribution in [3.8, 4) is 0 Å². The maximum atomic E-state index is 3.76. The third-order valence-electron chi connectivity index (χ3n) is 8.77. The predicted octanol–water partition coefficient (Wildman–Crippen LogP) is 10.2. The van der Waals surface area contributed by atoms with Crippen LogP contribution < -0.4 is 10.4 Å². The van der Waals surface area contributed by atoms with Gasteiger partial charge in [0.15, 0.2) is 0 Å². The first-order chi connectivity index (χ1) is 19.2. The molecule has 4 aromatic carbocycles. The van der Waals surface area contributed by atoms with Gasteiger partial charge in [-0.25, -0.2) is 0 Å². The molecule has 2 unspecified atom stereocenters. The highest BCUT2D eigenvalue weighted by atomic mass is 79.9. The number of allylic oxidation sites excluding steroid dienone is 2. The Bertz CT molecular complexity index is 1410. The largest absolute Gasteiger partial charge is 0.0882 e. The average molecular weight is 624 g/mol. The molecule has 206 valence electrons. The van der Waals surface area contributed by atoms with E-state index in [-0.39, 0.29) is 0 Å². The molecule has 0 amide bonds. The van der Waals surface area contributed by atoms with E-state index in [1.807, 2.05) is 0 Å². The number of hydrogen-bond acceptors (Lipinski definition) is 0. The first-order valence-corrected chi connectivity index (χ1v) is 21.4. The van der Waals surface area contributed by atoms with Gasteiger partial charge in [0.1, 0.15) is 0 Å². The van der Waals surface area contributed by atoms with Gasteiger partial charge >= 0.3 is 0 Å². The minimum Gasteiger partial charge on any atom is -0.0839 e. The van der Waals surface area contributed by atoms with E-state index in [1.165, 1.54) is 27.1 Å². The van der Waals surface area contributed by atoms with E-state index in [4.69, 9.17) is 0 Å². The van der Waals surface area contributed by atoms with Gasteiger partial charge in [-0.1, -0.05) is 175 Å². The molecular formula is C37H43BrSi2. The molecule has 4 aromatic rings. The minimum absolute atomic E-state index is 0.512. The number of halogens is 1. The van der Waals surface area contributed by atoms with E-state index in [2.05, 4.69) is 183 Å². The van der Waals surface area contributed by atoms with E-state index in [0.29, 0.717) is 11.1 Å². The van der Waals surface area contributed by atoms with Crippen molar-refractivity contribution in [3.05, 3.63) is 143 Å². The normalized spacial score (nSPS) is 14.1. The number of benzene rings is 4. The lowest BCUT2D eigenvalue weighted by Gasteiger charge is -2.33. The summed E-state index contributed by atoms with van der Waals surface area (Å²) in [5.41, 5.74) is 5.12. The van der Waals surface area contributed by atoms with Crippen LogP contribution in [0, 0.1) is 0 Å². The minimum atomic E-state index is -1.75. The van der Waals surface area contributed by atoms with E-state index < -0.39 is 16.1 Å². The fourth-order valence-corrected chi connectivity index (χ4v) is 11.7. The fraction of sp³-hybridized carbons (Fsp3) is 0.243. The van der Waals surface area contributed by atoms with Crippen molar-refractivity contribution >= 4 is 54.6 Å². The molecule has 0 radical (unpaired) electrons. The van der Waals surface area contributed by atoms with Crippen molar-refractivity contribution in [1.82, 2.24) is 0 Å². The summed E-state index contributed by atoms with van der Waals surface area (Å²) in [6.45, 7) is 12.4. The molecule has 0 heterocycles. The average Bonchev–Trinajstić information content (AvgIpc) is 2.96. The fourth-order valence-electron chi connectivity index (χ4n) is 5.63. The zero-order valence-electron chi connectivity index (χ0n) is 24.6. The Morgan fingerprint density at radius 2 is 1.05 bits per heavy atom. The molecule has 0 N–H and O–H groups in total. The van der Waals surface area contributed by atoms with E-state index in [1.54, 1.807) is 0 Å². The second-order valence-corrected chi connectivity index (χ2v) is 22.8. The summed E-state index contributed by atoms with van der Waals surface area (Å²) in [4.78, 5) is 0. The Balaban J connectivity index is 1.48. The van der Waals surface area contributed by atoms with Gasteiger partial charge in [0, 0.05) is 4.47 Å². The van der Waals surface area contributed by atoms with Crippen LogP contribution in [0.4, 0.5) is 0 Å². The Hall–Kier alpha value is -2.73. The molecule has 0 saturated heterocycles. The quantitative estimate of drug-likeness (QED) is 0.146. The van der Waals surface area contributed by atoms with Gasteiger partial charge in [-0.2, -0.15) is 0 Å². The Morgan fingerprint density at radius 1 is 0.600 bits per heavy atom. The Labute approximate surface area is 253 Å². The van der Waals surface area contributed by atoms with E-state index in [9.17, 15) is 0 Å². The van der Waals surface area contributed by atoms with Crippen LogP contribution in [0.2, 0.25) is 31.7 Å². The summed E-state index contributed by atoms with van der Waals surface area (Å²) in [6.07, 6.45) is 11.5. The van der Waals surface area contributed by atoms with Crippen LogP contribution in [0.1, 0.15) is 42.0 Å². The molecule has 4 rings (SSSR count). The van der Waals surface area contributed by atoms with Crippen LogP contribution in [0.3, 0.4) is 0 Å². The Morgan fingerprint density at radius 3 is 1.57 bits per heavy atom. The zero-order valence-corrected chi connectivity index (χ0v) is 28.2. The van der Waals surface area contributed by atoms with Gasteiger partial charge in [0.2, 0.25) is 0 Å². The molecule has 0 spiro atoms. The highest BCUT2D eigenvalue weighted by Gasteiger charge is 2.34. The third kappa shape index (κ3) is 7.72. The highest BCUT2D eigenvalue weighted by molar-refractivity contribution is 9.10. The molecule has 0 aliphatic carbocycles. The number of hydrogen-bond donors (Lipinski definition) is 0. The van der Waals surface area contributed by atoms with Gasteiger partial charge < -0.3 is 0 Å². The van der Waals surface area contributed by atoms with Gasteiger partial charge in [0.05, 0.1) is 16.1 Å². The first-order valence-electron chi connectivity index (χ1n) is 14.5. The molecule has 0 aromatic heterocycles. The van der Waals surface area contributed by atoms with Crippen molar-refractivity contribution < 1.29 is 0 Å². The summed E-state index contributed by atoms with van der Waals surface area (Å²) < 4.78 is 1.12. The van der Waals surface area contributed by atoms with Crippen LogP contribution in [-0.4, -0.2) is 16.1 Å². The van der Waals surface area contributed by atoms with Crippen LogP contribution >= 0.6 is 15.9 Å². The molecular weight excluding hydrogens is 580 g/mol. The van der Waals surface area contributed by atoms with Crippen LogP contribution in [-0.2, 0) is 0 Å². The number of rotatable bonds is 11. The molecule has 3 heteroatoms. The van der Waals surface area contributed by atoms with Gasteiger partial charge in [-0.15, -0.1) is 0 Å². The second-order valence-electron chi connectivity index (χ2n) is 12.1. The summed E-state index contributed by atoms with van der Waals surface area (Å²) in [5, 5.41) is 3.05. The predicted molar refractivity (Wildman–Crippen MR) is 187 cm³/mol. The van der Waals surface area contributed by atoms with E-state index in [0.717, 1.165) is 17.3 Å². The maximum absolute atomic E-state index is 3.76. The van der Waals surface area contributed by atoms with Crippen molar-refractivity contribution in [2.45, 2.75) is 57.0 Å². The van der Waals surface area contributed by atoms with Crippen molar-refractivity contribution in [1.29, 1.82) is 0 Å². The molecule has 0 saturated carbocycles. The molecule has 0 aliphatic rings.